The molecule has 4 rings (SSSR count). The molecule has 2 fully saturated rings. The fraction of sp³-hybridized carbons (Fsp3) is 0.526. The number of piperidine rings is 2. The van der Waals surface area contributed by atoms with Crippen molar-refractivity contribution in [3.05, 3.63) is 24.3 Å². The summed E-state index contributed by atoms with van der Waals surface area (Å²) < 4.78 is 1.19. The van der Waals surface area contributed by atoms with Crippen LogP contribution in [0.4, 0.5) is 5.13 Å². The van der Waals surface area contributed by atoms with Gasteiger partial charge >= 0.3 is 5.97 Å². The smallest absolute Gasteiger partial charge is 0.308 e. The average molecular weight is 373 g/mol. The lowest BCUT2D eigenvalue weighted by Gasteiger charge is -2.36. The van der Waals surface area contributed by atoms with Crippen molar-refractivity contribution < 1.29 is 14.7 Å². The van der Waals surface area contributed by atoms with Crippen molar-refractivity contribution in [3.63, 3.8) is 0 Å². The quantitative estimate of drug-likeness (QED) is 0.896. The Morgan fingerprint density at radius 2 is 1.85 bits per heavy atom. The summed E-state index contributed by atoms with van der Waals surface area (Å²) in [5.74, 6) is -1.04. The van der Waals surface area contributed by atoms with Gasteiger partial charge in [-0.15, -0.1) is 0 Å². The number of rotatable bonds is 3. The van der Waals surface area contributed by atoms with Crippen molar-refractivity contribution in [1.82, 2.24) is 9.88 Å². The zero-order valence-electron chi connectivity index (χ0n) is 14.6. The van der Waals surface area contributed by atoms with Gasteiger partial charge in [0.15, 0.2) is 5.13 Å². The molecule has 1 unspecified atom stereocenters. The van der Waals surface area contributed by atoms with Crippen LogP contribution in [0.3, 0.4) is 0 Å². The van der Waals surface area contributed by atoms with Gasteiger partial charge in [-0.3, -0.25) is 9.59 Å². The first-order valence-corrected chi connectivity index (χ1v) is 10.1. The number of likely N-dealkylation sites (tertiary alicyclic amines) is 1. The van der Waals surface area contributed by atoms with E-state index in [1.807, 2.05) is 18.2 Å². The summed E-state index contributed by atoms with van der Waals surface area (Å²) in [5, 5.41) is 10.2. The van der Waals surface area contributed by atoms with Gasteiger partial charge in [-0.1, -0.05) is 23.5 Å². The third-order valence-corrected chi connectivity index (χ3v) is 6.58. The van der Waals surface area contributed by atoms with E-state index in [0.717, 1.165) is 43.0 Å². The van der Waals surface area contributed by atoms with Crippen LogP contribution < -0.4 is 4.90 Å². The zero-order chi connectivity index (χ0) is 18.1. The van der Waals surface area contributed by atoms with E-state index in [2.05, 4.69) is 11.0 Å². The Morgan fingerprint density at radius 1 is 1.08 bits per heavy atom. The molecule has 26 heavy (non-hydrogen) atoms. The molecule has 1 aromatic carbocycles. The number of anilines is 1. The summed E-state index contributed by atoms with van der Waals surface area (Å²) in [6.07, 6.45) is 3.08. The Labute approximate surface area is 156 Å². The normalized spacial score (nSPS) is 21.9. The van der Waals surface area contributed by atoms with Crippen LogP contribution in [0.15, 0.2) is 24.3 Å². The minimum absolute atomic E-state index is 0.00757. The molecule has 3 heterocycles. The lowest BCUT2D eigenvalue weighted by Crippen LogP contribution is -2.47. The third-order valence-electron chi connectivity index (χ3n) is 5.48. The summed E-state index contributed by atoms with van der Waals surface area (Å²) in [4.78, 5) is 32.8. The number of carbonyl (C=O) groups is 2. The second-order valence-electron chi connectivity index (χ2n) is 7.19. The summed E-state index contributed by atoms with van der Waals surface area (Å²) in [5.41, 5.74) is 1.03. The van der Waals surface area contributed by atoms with E-state index in [9.17, 15) is 14.7 Å². The number of aromatic nitrogens is 1. The van der Waals surface area contributed by atoms with E-state index in [1.165, 1.54) is 4.70 Å². The van der Waals surface area contributed by atoms with Crippen molar-refractivity contribution in [3.8, 4) is 0 Å². The first-order valence-electron chi connectivity index (χ1n) is 9.24. The van der Waals surface area contributed by atoms with Crippen LogP contribution in [-0.2, 0) is 9.59 Å². The van der Waals surface area contributed by atoms with Gasteiger partial charge in [0.05, 0.1) is 16.1 Å². The molecule has 2 aromatic rings. The van der Waals surface area contributed by atoms with Gasteiger partial charge in [0.25, 0.3) is 0 Å². The standard InChI is InChI=1S/C19H23N3O3S/c23-17(22-9-3-4-14(12-22)18(24)25)13-7-10-21(11-8-13)19-20-15-5-1-2-6-16(15)26-19/h1-2,5-6,13-14H,3-4,7-12H2,(H,24,25). The number of nitrogens with zero attached hydrogens (tertiary/aromatic N) is 3. The number of benzene rings is 1. The second-order valence-corrected chi connectivity index (χ2v) is 8.20. The predicted octanol–water partition coefficient (Wildman–Crippen LogP) is 2.84. The Balaban J connectivity index is 1.37. The largest absolute Gasteiger partial charge is 0.481 e. The van der Waals surface area contributed by atoms with E-state index in [4.69, 9.17) is 4.98 Å². The molecule has 138 valence electrons. The molecule has 0 saturated carbocycles. The second kappa shape index (κ2) is 7.23. The highest BCUT2D eigenvalue weighted by atomic mass is 32.1. The molecule has 0 bridgehead atoms. The number of para-hydroxylation sites is 1. The molecule has 1 aromatic heterocycles. The van der Waals surface area contributed by atoms with Gasteiger partial charge in [0.1, 0.15) is 0 Å². The fourth-order valence-corrected chi connectivity index (χ4v) is 4.97. The van der Waals surface area contributed by atoms with Crippen LogP contribution in [0, 0.1) is 11.8 Å². The van der Waals surface area contributed by atoms with Crippen LogP contribution >= 0.6 is 11.3 Å². The zero-order valence-corrected chi connectivity index (χ0v) is 15.5. The maximum absolute atomic E-state index is 12.8. The van der Waals surface area contributed by atoms with Crippen molar-refractivity contribution >= 4 is 38.6 Å². The van der Waals surface area contributed by atoms with Crippen LogP contribution in [0.25, 0.3) is 10.2 Å². The lowest BCUT2D eigenvalue weighted by molar-refractivity contribution is -0.147. The summed E-state index contributed by atoms with van der Waals surface area (Å²) in [7, 11) is 0. The number of amides is 1. The lowest BCUT2D eigenvalue weighted by atomic mass is 9.92. The van der Waals surface area contributed by atoms with Crippen molar-refractivity contribution in [2.75, 3.05) is 31.1 Å². The van der Waals surface area contributed by atoms with E-state index < -0.39 is 11.9 Å². The maximum Gasteiger partial charge on any atom is 0.308 e. The molecule has 0 spiro atoms. The van der Waals surface area contributed by atoms with Crippen LogP contribution in [0.5, 0.6) is 0 Å². The summed E-state index contributed by atoms with van der Waals surface area (Å²) in [6.45, 7) is 2.71. The molecule has 7 heteroatoms. The Bertz CT molecular complexity index is 780. The highest BCUT2D eigenvalue weighted by molar-refractivity contribution is 7.22. The maximum atomic E-state index is 12.8. The average Bonchev–Trinajstić information content (AvgIpc) is 3.12. The highest BCUT2D eigenvalue weighted by Gasteiger charge is 2.33. The molecule has 0 radical (unpaired) electrons. The number of hydrogen-bond acceptors (Lipinski definition) is 5. The van der Waals surface area contributed by atoms with Gasteiger partial charge in [-0.25, -0.2) is 4.98 Å². The van der Waals surface area contributed by atoms with Gasteiger partial charge < -0.3 is 14.9 Å². The number of fused-ring (bicyclic) bond motifs is 1. The predicted molar refractivity (Wildman–Crippen MR) is 101 cm³/mol. The molecule has 6 nitrogen and oxygen atoms in total. The highest BCUT2D eigenvalue weighted by Crippen LogP contribution is 2.32. The molecule has 1 amide bonds. The van der Waals surface area contributed by atoms with E-state index in [-0.39, 0.29) is 11.8 Å². The first-order chi connectivity index (χ1) is 12.6. The monoisotopic (exact) mass is 373 g/mol. The number of carboxylic acids is 1. The Hall–Kier alpha value is -2.15. The van der Waals surface area contributed by atoms with Crippen molar-refractivity contribution in [1.29, 1.82) is 0 Å². The van der Waals surface area contributed by atoms with Gasteiger partial charge in [-0.05, 0) is 37.8 Å². The number of aliphatic carboxylic acids is 1. The third kappa shape index (κ3) is 3.40. The number of hydrogen-bond donors (Lipinski definition) is 1. The molecule has 0 aliphatic carbocycles. The minimum Gasteiger partial charge on any atom is -0.481 e. The Morgan fingerprint density at radius 3 is 2.58 bits per heavy atom. The number of carboxylic acid groups (broad SMARTS) is 1. The van der Waals surface area contributed by atoms with Gasteiger partial charge in [0.2, 0.25) is 5.91 Å². The van der Waals surface area contributed by atoms with Crippen LogP contribution in [-0.4, -0.2) is 53.0 Å². The van der Waals surface area contributed by atoms with E-state index in [1.54, 1.807) is 16.2 Å². The molecular weight excluding hydrogens is 350 g/mol. The van der Waals surface area contributed by atoms with E-state index in [0.29, 0.717) is 19.5 Å². The molecule has 2 aliphatic heterocycles. The summed E-state index contributed by atoms with van der Waals surface area (Å²) >= 11 is 1.70. The molecule has 1 atom stereocenters. The van der Waals surface area contributed by atoms with E-state index >= 15 is 0 Å². The van der Waals surface area contributed by atoms with Crippen LogP contribution in [0.2, 0.25) is 0 Å². The minimum atomic E-state index is -0.784. The molecular formula is C19H23N3O3S. The molecule has 2 aliphatic rings. The summed E-state index contributed by atoms with van der Waals surface area (Å²) in [6, 6.07) is 8.14. The SMILES string of the molecule is O=C(O)C1CCCN(C(=O)C2CCN(c3nc4ccccc4s3)CC2)C1. The first kappa shape index (κ1) is 17.3. The van der Waals surface area contributed by atoms with Crippen LogP contribution in [0.1, 0.15) is 25.7 Å². The molecule has 2 saturated heterocycles. The fourth-order valence-electron chi connectivity index (χ4n) is 3.95. The topological polar surface area (TPSA) is 73.7 Å². The molecule has 1 N–H and O–H groups in total. The number of thiazole rings is 1. The van der Waals surface area contributed by atoms with Gasteiger partial charge in [0, 0.05) is 32.1 Å². The van der Waals surface area contributed by atoms with Crippen molar-refractivity contribution in [2.24, 2.45) is 11.8 Å². The number of carbonyl (C=O) groups excluding carboxylic acids is 1. The Kier molecular flexibility index (Phi) is 4.80. The van der Waals surface area contributed by atoms with Gasteiger partial charge in [-0.2, -0.15) is 0 Å². The van der Waals surface area contributed by atoms with Crippen molar-refractivity contribution in [2.45, 2.75) is 25.7 Å².